The molecule has 0 fully saturated rings. The van der Waals surface area contributed by atoms with E-state index in [4.69, 9.17) is 16.7 Å². The summed E-state index contributed by atoms with van der Waals surface area (Å²) in [6.45, 7) is 0. The van der Waals surface area contributed by atoms with E-state index < -0.39 is 6.10 Å². The fourth-order valence-electron chi connectivity index (χ4n) is 0.662. The molecule has 1 atom stereocenters. The zero-order chi connectivity index (χ0) is 7.40. The van der Waals surface area contributed by atoms with Gasteiger partial charge in [-0.15, -0.1) is 11.6 Å². The number of nitrogens with zero attached hydrogens (tertiary/aromatic N) is 1. The fraction of sp³-hybridized carbons (Fsp3) is 0.286. The van der Waals surface area contributed by atoms with Crippen molar-refractivity contribution in [3.63, 3.8) is 0 Å². The second-order valence-electron chi connectivity index (χ2n) is 1.96. The maximum atomic E-state index is 9.16. The average Bonchev–Trinajstić information content (AvgIpc) is 2.05. The van der Waals surface area contributed by atoms with Crippen LogP contribution >= 0.6 is 11.6 Å². The molecule has 0 amide bonds. The second-order valence-corrected chi connectivity index (χ2v) is 2.27. The molecule has 0 saturated carbocycles. The zero-order valence-electron chi connectivity index (χ0n) is 5.37. The molecule has 0 aliphatic carbocycles. The number of hydrogen-bond acceptors (Lipinski definition) is 2. The number of aromatic nitrogens is 1. The van der Waals surface area contributed by atoms with E-state index in [1.807, 2.05) is 0 Å². The van der Waals surface area contributed by atoms with Gasteiger partial charge in [-0.2, -0.15) is 0 Å². The van der Waals surface area contributed by atoms with Crippen molar-refractivity contribution in [3.8, 4) is 0 Å². The highest BCUT2D eigenvalue weighted by Crippen LogP contribution is 2.11. The third-order valence-corrected chi connectivity index (χ3v) is 1.51. The molecule has 3 heteroatoms. The van der Waals surface area contributed by atoms with Crippen molar-refractivity contribution in [1.29, 1.82) is 0 Å². The van der Waals surface area contributed by atoms with Crippen LogP contribution in [0.4, 0.5) is 0 Å². The zero-order valence-corrected chi connectivity index (χ0v) is 6.12. The van der Waals surface area contributed by atoms with Crippen molar-refractivity contribution in [2.45, 2.75) is 6.10 Å². The van der Waals surface area contributed by atoms with Crippen LogP contribution in [0.15, 0.2) is 24.5 Å². The Hall–Kier alpha value is -0.600. The lowest BCUT2D eigenvalue weighted by atomic mass is 10.2. The first-order chi connectivity index (χ1) is 4.84. The summed E-state index contributed by atoms with van der Waals surface area (Å²) in [7, 11) is 0. The number of rotatable bonds is 2. The Bertz CT molecular complexity index is 190. The van der Waals surface area contributed by atoms with Gasteiger partial charge in [-0.1, -0.05) is 6.07 Å². The van der Waals surface area contributed by atoms with E-state index in [1.54, 1.807) is 24.5 Å². The summed E-state index contributed by atoms with van der Waals surface area (Å²) in [6.07, 6.45) is 2.67. The number of pyridine rings is 1. The molecule has 0 aromatic carbocycles. The van der Waals surface area contributed by atoms with Gasteiger partial charge in [0.2, 0.25) is 0 Å². The molecule has 0 unspecified atom stereocenters. The van der Waals surface area contributed by atoms with Gasteiger partial charge in [0.15, 0.2) is 0 Å². The summed E-state index contributed by atoms with van der Waals surface area (Å²) >= 11 is 5.41. The van der Waals surface area contributed by atoms with Gasteiger partial charge in [0, 0.05) is 12.4 Å². The minimum atomic E-state index is -0.588. The molecular weight excluding hydrogens is 150 g/mol. The van der Waals surface area contributed by atoms with Gasteiger partial charge in [0.25, 0.3) is 0 Å². The van der Waals surface area contributed by atoms with Crippen LogP contribution in [0, 0.1) is 0 Å². The van der Waals surface area contributed by atoms with Crippen LogP contribution in [0.2, 0.25) is 0 Å². The number of halogens is 1. The normalized spacial score (nSPS) is 13.0. The van der Waals surface area contributed by atoms with Crippen LogP contribution in [0.1, 0.15) is 11.7 Å². The van der Waals surface area contributed by atoms with E-state index in [1.165, 1.54) is 0 Å². The van der Waals surface area contributed by atoms with Crippen LogP contribution in [0.3, 0.4) is 0 Å². The van der Waals surface area contributed by atoms with E-state index in [-0.39, 0.29) is 5.88 Å². The number of hydrogen-bond donors (Lipinski definition) is 1. The molecule has 1 rings (SSSR count). The molecule has 1 N–H and O–H groups in total. The quantitative estimate of drug-likeness (QED) is 0.658. The van der Waals surface area contributed by atoms with Crippen molar-refractivity contribution in [3.05, 3.63) is 30.1 Å². The van der Waals surface area contributed by atoms with E-state index in [0.717, 1.165) is 5.56 Å². The minimum absolute atomic E-state index is 0.214. The highest BCUT2D eigenvalue weighted by atomic mass is 35.5. The van der Waals surface area contributed by atoms with Crippen molar-refractivity contribution < 1.29 is 5.11 Å². The molecule has 0 aliphatic rings. The first-order valence-corrected chi connectivity index (χ1v) is 3.52. The predicted molar refractivity (Wildman–Crippen MR) is 39.9 cm³/mol. The van der Waals surface area contributed by atoms with E-state index in [2.05, 4.69) is 4.98 Å². The van der Waals surface area contributed by atoms with Gasteiger partial charge in [-0.25, -0.2) is 0 Å². The summed E-state index contributed by atoms with van der Waals surface area (Å²) in [5.74, 6) is 0.214. The molecular formula is C7H8ClNO. The van der Waals surface area contributed by atoms with Crippen molar-refractivity contribution >= 4 is 11.6 Å². The fourth-order valence-corrected chi connectivity index (χ4v) is 0.840. The molecule has 0 radical (unpaired) electrons. The lowest BCUT2D eigenvalue weighted by Crippen LogP contribution is -1.97. The van der Waals surface area contributed by atoms with Crippen molar-refractivity contribution in [1.82, 2.24) is 4.98 Å². The van der Waals surface area contributed by atoms with Crippen LogP contribution in [0.25, 0.3) is 0 Å². The molecule has 54 valence electrons. The van der Waals surface area contributed by atoms with Crippen molar-refractivity contribution in [2.75, 3.05) is 5.88 Å². The first-order valence-electron chi connectivity index (χ1n) is 2.98. The summed E-state index contributed by atoms with van der Waals surface area (Å²) < 4.78 is 0. The molecule has 1 aromatic rings. The van der Waals surface area contributed by atoms with Crippen molar-refractivity contribution in [2.24, 2.45) is 0 Å². The monoisotopic (exact) mass is 157 g/mol. The van der Waals surface area contributed by atoms with E-state index >= 15 is 0 Å². The smallest absolute Gasteiger partial charge is 0.0940 e. The van der Waals surface area contributed by atoms with Crippen LogP contribution in [0.5, 0.6) is 0 Å². The summed E-state index contributed by atoms with van der Waals surface area (Å²) in [5.41, 5.74) is 0.762. The summed E-state index contributed by atoms with van der Waals surface area (Å²) in [5, 5.41) is 9.16. The lowest BCUT2D eigenvalue weighted by Gasteiger charge is -2.03. The second kappa shape index (κ2) is 3.54. The van der Waals surface area contributed by atoms with Gasteiger partial charge in [0.1, 0.15) is 0 Å². The minimum Gasteiger partial charge on any atom is -0.387 e. The van der Waals surface area contributed by atoms with Gasteiger partial charge in [-0.05, 0) is 11.6 Å². The molecule has 0 bridgehead atoms. The Balaban J connectivity index is 2.75. The van der Waals surface area contributed by atoms with Gasteiger partial charge < -0.3 is 5.11 Å². The summed E-state index contributed by atoms with van der Waals surface area (Å²) in [6, 6.07) is 3.56. The SMILES string of the molecule is O[C@H](CCl)c1cccnc1. The first kappa shape index (κ1) is 7.51. The number of aliphatic hydroxyl groups is 1. The third-order valence-electron chi connectivity index (χ3n) is 1.22. The standard InChI is InChI=1S/C7H8ClNO/c8-4-7(10)6-2-1-3-9-5-6/h1-3,5,7,10H,4H2/t7-/m1/s1. The third kappa shape index (κ3) is 1.69. The van der Waals surface area contributed by atoms with Crippen LogP contribution < -0.4 is 0 Å². The lowest BCUT2D eigenvalue weighted by molar-refractivity contribution is 0.202. The highest BCUT2D eigenvalue weighted by molar-refractivity contribution is 6.18. The Morgan fingerprint density at radius 2 is 2.50 bits per heavy atom. The Morgan fingerprint density at radius 3 is 3.00 bits per heavy atom. The summed E-state index contributed by atoms with van der Waals surface area (Å²) in [4.78, 5) is 3.84. The Kier molecular flexibility index (Phi) is 2.66. The topological polar surface area (TPSA) is 33.1 Å². The molecule has 1 heterocycles. The average molecular weight is 158 g/mol. The van der Waals surface area contributed by atoms with Gasteiger partial charge in [-0.3, -0.25) is 4.98 Å². The molecule has 0 saturated heterocycles. The van der Waals surface area contributed by atoms with E-state index in [9.17, 15) is 0 Å². The largest absolute Gasteiger partial charge is 0.387 e. The van der Waals surface area contributed by atoms with Gasteiger partial charge in [0.05, 0.1) is 12.0 Å². The number of aliphatic hydroxyl groups excluding tert-OH is 1. The maximum Gasteiger partial charge on any atom is 0.0940 e. The highest BCUT2D eigenvalue weighted by Gasteiger charge is 2.03. The molecule has 2 nitrogen and oxygen atoms in total. The molecule has 1 aromatic heterocycles. The molecule has 0 aliphatic heterocycles. The number of alkyl halides is 1. The Morgan fingerprint density at radius 1 is 1.70 bits per heavy atom. The Labute approximate surface area is 64.5 Å². The molecule has 0 spiro atoms. The predicted octanol–water partition coefficient (Wildman–Crippen LogP) is 1.35. The maximum absolute atomic E-state index is 9.16. The van der Waals surface area contributed by atoms with Crippen LogP contribution in [-0.4, -0.2) is 16.0 Å². The van der Waals surface area contributed by atoms with Gasteiger partial charge >= 0.3 is 0 Å². The van der Waals surface area contributed by atoms with E-state index in [0.29, 0.717) is 0 Å². The van der Waals surface area contributed by atoms with Crippen LogP contribution in [-0.2, 0) is 0 Å². The molecule has 10 heavy (non-hydrogen) atoms.